The van der Waals surface area contributed by atoms with Crippen LogP contribution in [0.15, 0.2) is 42.7 Å². The molecule has 0 unspecified atom stereocenters. The molecule has 0 atom stereocenters. The molecule has 0 radical (unpaired) electrons. The van der Waals surface area contributed by atoms with Crippen molar-refractivity contribution in [3.63, 3.8) is 0 Å². The standard InChI is InChI=1S/C17H21N3O2/c1-14-6-10-19(11-7-14)17(21)13-22-16-5-2-4-15(12-16)20-9-3-8-18-20/h2-5,8-9,12,14H,6-7,10-11,13H2,1H3. The number of piperidine rings is 1. The van der Waals surface area contributed by atoms with Crippen LogP contribution in [0.4, 0.5) is 0 Å². The molecule has 1 saturated heterocycles. The Balaban J connectivity index is 1.57. The summed E-state index contributed by atoms with van der Waals surface area (Å²) < 4.78 is 7.42. The first kappa shape index (κ1) is 14.6. The molecule has 1 aromatic heterocycles. The number of likely N-dealkylation sites (tertiary alicyclic amines) is 1. The van der Waals surface area contributed by atoms with E-state index in [1.54, 1.807) is 10.9 Å². The summed E-state index contributed by atoms with van der Waals surface area (Å²) in [5.74, 6) is 1.47. The predicted molar refractivity (Wildman–Crippen MR) is 84.0 cm³/mol. The third-order valence-corrected chi connectivity index (χ3v) is 4.09. The van der Waals surface area contributed by atoms with Gasteiger partial charge >= 0.3 is 0 Å². The first-order chi connectivity index (χ1) is 10.7. The van der Waals surface area contributed by atoms with Gasteiger partial charge in [0.15, 0.2) is 6.61 Å². The van der Waals surface area contributed by atoms with E-state index in [1.807, 2.05) is 41.4 Å². The van der Waals surface area contributed by atoms with Gasteiger partial charge in [0.1, 0.15) is 5.75 Å². The van der Waals surface area contributed by atoms with Crippen molar-refractivity contribution in [3.8, 4) is 11.4 Å². The minimum atomic E-state index is 0.0661. The molecule has 2 aromatic rings. The van der Waals surface area contributed by atoms with Gasteiger partial charge in [-0.2, -0.15) is 5.10 Å². The largest absolute Gasteiger partial charge is 0.484 e. The highest BCUT2D eigenvalue weighted by molar-refractivity contribution is 5.77. The summed E-state index contributed by atoms with van der Waals surface area (Å²) in [5, 5.41) is 4.19. The van der Waals surface area contributed by atoms with Crippen LogP contribution in [0.3, 0.4) is 0 Å². The van der Waals surface area contributed by atoms with E-state index in [0.29, 0.717) is 5.75 Å². The van der Waals surface area contributed by atoms with Gasteiger partial charge in [-0.3, -0.25) is 4.79 Å². The molecule has 2 heterocycles. The number of ether oxygens (including phenoxy) is 1. The Hall–Kier alpha value is -2.30. The van der Waals surface area contributed by atoms with Gasteiger partial charge in [-0.05, 0) is 37.0 Å². The van der Waals surface area contributed by atoms with E-state index in [0.717, 1.165) is 37.5 Å². The fraction of sp³-hybridized carbons (Fsp3) is 0.412. The van der Waals surface area contributed by atoms with Crippen molar-refractivity contribution < 1.29 is 9.53 Å². The second-order valence-electron chi connectivity index (χ2n) is 5.80. The molecular weight excluding hydrogens is 278 g/mol. The number of carbonyl (C=O) groups is 1. The van der Waals surface area contributed by atoms with Crippen LogP contribution >= 0.6 is 0 Å². The molecule has 0 bridgehead atoms. The summed E-state index contributed by atoms with van der Waals surface area (Å²) in [7, 11) is 0. The van der Waals surface area contributed by atoms with Crippen molar-refractivity contribution in [3.05, 3.63) is 42.7 Å². The van der Waals surface area contributed by atoms with Gasteiger partial charge in [-0.1, -0.05) is 13.0 Å². The normalized spacial score (nSPS) is 15.8. The topological polar surface area (TPSA) is 47.4 Å². The van der Waals surface area contributed by atoms with E-state index < -0.39 is 0 Å². The maximum absolute atomic E-state index is 12.2. The Labute approximate surface area is 130 Å². The molecule has 0 N–H and O–H groups in total. The van der Waals surface area contributed by atoms with Crippen molar-refractivity contribution in [2.24, 2.45) is 5.92 Å². The maximum atomic E-state index is 12.2. The van der Waals surface area contributed by atoms with E-state index in [4.69, 9.17) is 4.74 Å². The summed E-state index contributed by atoms with van der Waals surface area (Å²) in [6.45, 7) is 4.02. The maximum Gasteiger partial charge on any atom is 0.260 e. The first-order valence-corrected chi connectivity index (χ1v) is 7.73. The number of benzene rings is 1. The lowest BCUT2D eigenvalue weighted by Crippen LogP contribution is -2.40. The van der Waals surface area contributed by atoms with E-state index in [9.17, 15) is 4.79 Å². The van der Waals surface area contributed by atoms with E-state index in [1.165, 1.54) is 0 Å². The molecule has 0 spiro atoms. The Bertz CT molecular complexity index is 617. The van der Waals surface area contributed by atoms with Gasteiger partial charge in [-0.15, -0.1) is 0 Å². The highest BCUT2D eigenvalue weighted by Crippen LogP contribution is 2.18. The zero-order valence-electron chi connectivity index (χ0n) is 12.8. The highest BCUT2D eigenvalue weighted by atomic mass is 16.5. The number of amides is 1. The molecular formula is C17H21N3O2. The van der Waals surface area contributed by atoms with Crippen LogP contribution in [0.5, 0.6) is 5.75 Å². The SMILES string of the molecule is CC1CCN(C(=O)COc2cccc(-n3cccn3)c2)CC1. The lowest BCUT2D eigenvalue weighted by molar-refractivity contribution is -0.134. The van der Waals surface area contributed by atoms with Gasteiger partial charge in [-0.25, -0.2) is 4.68 Å². The van der Waals surface area contributed by atoms with Crippen LogP contribution in [-0.2, 0) is 4.79 Å². The van der Waals surface area contributed by atoms with Crippen molar-refractivity contribution >= 4 is 5.91 Å². The Morgan fingerprint density at radius 1 is 1.32 bits per heavy atom. The number of rotatable bonds is 4. The third kappa shape index (κ3) is 3.47. The Morgan fingerprint density at radius 3 is 2.86 bits per heavy atom. The molecule has 3 rings (SSSR count). The van der Waals surface area contributed by atoms with Gasteiger partial charge in [0.2, 0.25) is 0 Å². The summed E-state index contributed by atoms with van der Waals surface area (Å²) in [4.78, 5) is 14.1. The zero-order chi connectivity index (χ0) is 15.4. The zero-order valence-corrected chi connectivity index (χ0v) is 12.8. The first-order valence-electron chi connectivity index (χ1n) is 7.73. The number of hydrogen-bond donors (Lipinski definition) is 0. The van der Waals surface area contributed by atoms with Crippen LogP contribution in [0.25, 0.3) is 5.69 Å². The molecule has 5 heteroatoms. The second kappa shape index (κ2) is 6.64. The molecule has 1 amide bonds. The quantitative estimate of drug-likeness (QED) is 0.871. The fourth-order valence-electron chi connectivity index (χ4n) is 2.63. The predicted octanol–water partition coefficient (Wildman–Crippen LogP) is 2.51. The van der Waals surface area contributed by atoms with Gasteiger partial charge < -0.3 is 9.64 Å². The van der Waals surface area contributed by atoms with Crippen molar-refractivity contribution in [2.45, 2.75) is 19.8 Å². The summed E-state index contributed by atoms with van der Waals surface area (Å²) >= 11 is 0. The third-order valence-electron chi connectivity index (χ3n) is 4.09. The van der Waals surface area contributed by atoms with Crippen LogP contribution in [0.1, 0.15) is 19.8 Å². The average Bonchev–Trinajstić information content (AvgIpc) is 3.08. The molecule has 0 saturated carbocycles. The molecule has 0 aliphatic carbocycles. The molecule has 1 aliphatic heterocycles. The second-order valence-corrected chi connectivity index (χ2v) is 5.80. The van der Waals surface area contributed by atoms with Crippen LogP contribution in [-0.4, -0.2) is 40.3 Å². The average molecular weight is 299 g/mol. The van der Waals surface area contributed by atoms with E-state index >= 15 is 0 Å². The van der Waals surface area contributed by atoms with Crippen molar-refractivity contribution in [2.75, 3.05) is 19.7 Å². The number of nitrogens with zero attached hydrogens (tertiary/aromatic N) is 3. The molecule has 1 aromatic carbocycles. The lowest BCUT2D eigenvalue weighted by atomic mass is 9.99. The monoisotopic (exact) mass is 299 g/mol. The Morgan fingerprint density at radius 2 is 2.14 bits per heavy atom. The Kier molecular flexibility index (Phi) is 4.42. The van der Waals surface area contributed by atoms with E-state index in [-0.39, 0.29) is 12.5 Å². The number of hydrogen-bond acceptors (Lipinski definition) is 3. The molecule has 5 nitrogen and oxygen atoms in total. The van der Waals surface area contributed by atoms with Crippen LogP contribution in [0, 0.1) is 5.92 Å². The lowest BCUT2D eigenvalue weighted by Gasteiger charge is -2.30. The minimum Gasteiger partial charge on any atom is -0.484 e. The number of aromatic nitrogens is 2. The molecule has 1 aliphatic rings. The highest BCUT2D eigenvalue weighted by Gasteiger charge is 2.20. The minimum absolute atomic E-state index is 0.0661. The van der Waals surface area contributed by atoms with Gasteiger partial charge in [0, 0.05) is 31.5 Å². The molecule has 1 fully saturated rings. The molecule has 22 heavy (non-hydrogen) atoms. The summed E-state index contributed by atoms with van der Waals surface area (Å²) in [6, 6.07) is 9.47. The van der Waals surface area contributed by atoms with Crippen molar-refractivity contribution in [1.29, 1.82) is 0 Å². The summed E-state index contributed by atoms with van der Waals surface area (Å²) in [5.41, 5.74) is 0.918. The van der Waals surface area contributed by atoms with Gasteiger partial charge in [0.25, 0.3) is 5.91 Å². The number of carbonyl (C=O) groups excluding carboxylic acids is 1. The molecule has 116 valence electrons. The van der Waals surface area contributed by atoms with Crippen LogP contribution < -0.4 is 4.74 Å². The summed E-state index contributed by atoms with van der Waals surface area (Å²) in [6.07, 6.45) is 5.77. The fourth-order valence-corrected chi connectivity index (χ4v) is 2.63. The van der Waals surface area contributed by atoms with Crippen molar-refractivity contribution in [1.82, 2.24) is 14.7 Å². The van der Waals surface area contributed by atoms with Gasteiger partial charge in [0.05, 0.1) is 5.69 Å². The van der Waals surface area contributed by atoms with E-state index in [2.05, 4.69) is 12.0 Å². The smallest absolute Gasteiger partial charge is 0.260 e. The van der Waals surface area contributed by atoms with Crippen LogP contribution in [0.2, 0.25) is 0 Å².